The molecule has 3 nitrogen and oxygen atoms in total. The highest BCUT2D eigenvalue weighted by molar-refractivity contribution is 9.10. The summed E-state index contributed by atoms with van der Waals surface area (Å²) in [5.74, 6) is 1.56. The molecular formula is C12H20BrN3. The van der Waals surface area contributed by atoms with Crippen molar-refractivity contribution in [3.8, 4) is 0 Å². The highest BCUT2D eigenvalue weighted by atomic mass is 79.9. The number of anilines is 1. The predicted molar refractivity (Wildman–Crippen MR) is 71.7 cm³/mol. The SMILES string of the molecule is CCC(CC)CN(CC)c1ncc(Br)cn1. The lowest BCUT2D eigenvalue weighted by atomic mass is 10.0. The highest BCUT2D eigenvalue weighted by Crippen LogP contribution is 2.15. The molecule has 0 N–H and O–H groups in total. The van der Waals surface area contributed by atoms with E-state index in [1.807, 2.05) is 0 Å². The first-order valence-corrected chi connectivity index (χ1v) is 6.73. The first-order valence-electron chi connectivity index (χ1n) is 5.93. The van der Waals surface area contributed by atoms with E-state index in [4.69, 9.17) is 0 Å². The van der Waals surface area contributed by atoms with Gasteiger partial charge in [-0.2, -0.15) is 0 Å². The van der Waals surface area contributed by atoms with Crippen LogP contribution in [-0.2, 0) is 0 Å². The van der Waals surface area contributed by atoms with E-state index in [0.717, 1.165) is 29.4 Å². The van der Waals surface area contributed by atoms with Gasteiger partial charge in [0.05, 0.1) is 4.47 Å². The van der Waals surface area contributed by atoms with Crippen LogP contribution < -0.4 is 4.90 Å². The van der Waals surface area contributed by atoms with Gasteiger partial charge in [-0.1, -0.05) is 26.7 Å². The molecule has 1 rings (SSSR count). The van der Waals surface area contributed by atoms with Gasteiger partial charge in [0.2, 0.25) is 5.95 Å². The van der Waals surface area contributed by atoms with E-state index in [1.54, 1.807) is 12.4 Å². The first-order chi connectivity index (χ1) is 7.71. The van der Waals surface area contributed by atoms with Crippen molar-refractivity contribution in [1.29, 1.82) is 0 Å². The minimum atomic E-state index is 0.729. The molecule has 0 aliphatic carbocycles. The minimum Gasteiger partial charge on any atom is -0.341 e. The van der Waals surface area contributed by atoms with E-state index in [-0.39, 0.29) is 0 Å². The Balaban J connectivity index is 2.70. The molecule has 90 valence electrons. The molecule has 0 amide bonds. The summed E-state index contributed by atoms with van der Waals surface area (Å²) in [6, 6.07) is 0. The summed E-state index contributed by atoms with van der Waals surface area (Å²) in [5, 5.41) is 0. The van der Waals surface area contributed by atoms with Crippen molar-refractivity contribution in [3.63, 3.8) is 0 Å². The molecule has 0 saturated carbocycles. The Kier molecular flexibility index (Phi) is 5.74. The van der Waals surface area contributed by atoms with Gasteiger partial charge < -0.3 is 4.90 Å². The molecule has 4 heteroatoms. The fraction of sp³-hybridized carbons (Fsp3) is 0.667. The van der Waals surface area contributed by atoms with Crippen molar-refractivity contribution in [1.82, 2.24) is 9.97 Å². The Hall–Kier alpha value is -0.640. The van der Waals surface area contributed by atoms with Crippen LogP contribution in [0.1, 0.15) is 33.6 Å². The molecule has 0 aliphatic heterocycles. The van der Waals surface area contributed by atoms with Gasteiger partial charge in [-0.05, 0) is 28.8 Å². The van der Waals surface area contributed by atoms with Crippen LogP contribution >= 0.6 is 15.9 Å². The third-order valence-corrected chi connectivity index (χ3v) is 3.31. The lowest BCUT2D eigenvalue weighted by molar-refractivity contribution is 0.482. The molecule has 0 spiro atoms. The van der Waals surface area contributed by atoms with Gasteiger partial charge in [0.25, 0.3) is 0 Å². The lowest BCUT2D eigenvalue weighted by Gasteiger charge is -2.25. The summed E-state index contributed by atoms with van der Waals surface area (Å²) in [6.45, 7) is 8.63. The van der Waals surface area contributed by atoms with Crippen LogP contribution in [0.4, 0.5) is 5.95 Å². The van der Waals surface area contributed by atoms with Crippen molar-refractivity contribution in [2.45, 2.75) is 33.6 Å². The Morgan fingerprint density at radius 2 is 1.75 bits per heavy atom. The van der Waals surface area contributed by atoms with Crippen LogP contribution in [0.5, 0.6) is 0 Å². The smallest absolute Gasteiger partial charge is 0.225 e. The van der Waals surface area contributed by atoms with Gasteiger partial charge in [0.1, 0.15) is 0 Å². The maximum absolute atomic E-state index is 4.34. The highest BCUT2D eigenvalue weighted by Gasteiger charge is 2.12. The molecule has 16 heavy (non-hydrogen) atoms. The zero-order chi connectivity index (χ0) is 12.0. The van der Waals surface area contributed by atoms with Gasteiger partial charge in [-0.25, -0.2) is 9.97 Å². The Morgan fingerprint density at radius 3 is 2.19 bits per heavy atom. The quantitative estimate of drug-likeness (QED) is 0.801. The summed E-state index contributed by atoms with van der Waals surface area (Å²) in [6.07, 6.45) is 6.03. The van der Waals surface area contributed by atoms with E-state index in [0.29, 0.717) is 0 Å². The standard InChI is InChI=1S/C12H20BrN3/c1-4-10(5-2)9-16(6-3)12-14-7-11(13)8-15-12/h7-8,10H,4-6,9H2,1-3H3. The van der Waals surface area contributed by atoms with Crippen molar-refractivity contribution in [2.75, 3.05) is 18.0 Å². The largest absolute Gasteiger partial charge is 0.341 e. The Labute approximate surface area is 106 Å². The zero-order valence-electron chi connectivity index (χ0n) is 10.3. The van der Waals surface area contributed by atoms with E-state index >= 15 is 0 Å². The summed E-state index contributed by atoms with van der Waals surface area (Å²) >= 11 is 3.35. The summed E-state index contributed by atoms with van der Waals surface area (Å²) in [5.41, 5.74) is 0. The summed E-state index contributed by atoms with van der Waals surface area (Å²) < 4.78 is 0.926. The van der Waals surface area contributed by atoms with Gasteiger partial charge in [-0.15, -0.1) is 0 Å². The van der Waals surface area contributed by atoms with Crippen LogP contribution in [0, 0.1) is 5.92 Å². The second-order valence-corrected chi connectivity index (χ2v) is 4.84. The monoisotopic (exact) mass is 285 g/mol. The van der Waals surface area contributed by atoms with Gasteiger partial charge in [0.15, 0.2) is 0 Å². The zero-order valence-corrected chi connectivity index (χ0v) is 11.9. The van der Waals surface area contributed by atoms with Crippen molar-refractivity contribution in [3.05, 3.63) is 16.9 Å². The fourth-order valence-corrected chi connectivity index (χ4v) is 1.88. The van der Waals surface area contributed by atoms with Crippen molar-refractivity contribution < 1.29 is 0 Å². The van der Waals surface area contributed by atoms with Crippen LogP contribution in [0.3, 0.4) is 0 Å². The maximum atomic E-state index is 4.34. The molecule has 0 atom stereocenters. The predicted octanol–water partition coefficient (Wildman–Crippen LogP) is 3.50. The molecule has 1 heterocycles. The molecule has 1 aromatic rings. The molecule has 0 aliphatic rings. The Morgan fingerprint density at radius 1 is 1.19 bits per heavy atom. The molecule has 0 fully saturated rings. The average Bonchev–Trinajstić information content (AvgIpc) is 2.32. The fourth-order valence-electron chi connectivity index (χ4n) is 1.68. The van der Waals surface area contributed by atoms with E-state index in [9.17, 15) is 0 Å². The molecule has 0 aromatic carbocycles. The number of halogens is 1. The molecule has 0 bridgehead atoms. The second kappa shape index (κ2) is 6.84. The first kappa shape index (κ1) is 13.4. The average molecular weight is 286 g/mol. The van der Waals surface area contributed by atoms with Crippen LogP contribution in [0.25, 0.3) is 0 Å². The summed E-state index contributed by atoms with van der Waals surface area (Å²) in [4.78, 5) is 10.9. The number of nitrogens with zero attached hydrogens (tertiary/aromatic N) is 3. The summed E-state index contributed by atoms with van der Waals surface area (Å²) in [7, 11) is 0. The van der Waals surface area contributed by atoms with Crippen LogP contribution in [0.15, 0.2) is 16.9 Å². The number of hydrogen-bond acceptors (Lipinski definition) is 3. The third kappa shape index (κ3) is 3.74. The van der Waals surface area contributed by atoms with Gasteiger partial charge in [0, 0.05) is 25.5 Å². The number of aromatic nitrogens is 2. The molecule has 0 saturated heterocycles. The molecule has 0 radical (unpaired) electrons. The van der Waals surface area contributed by atoms with Crippen molar-refractivity contribution in [2.24, 2.45) is 5.92 Å². The normalized spacial score (nSPS) is 10.8. The molecular weight excluding hydrogens is 266 g/mol. The second-order valence-electron chi connectivity index (χ2n) is 3.92. The van der Waals surface area contributed by atoms with Crippen molar-refractivity contribution >= 4 is 21.9 Å². The van der Waals surface area contributed by atoms with Crippen LogP contribution in [-0.4, -0.2) is 23.1 Å². The number of hydrogen-bond donors (Lipinski definition) is 0. The minimum absolute atomic E-state index is 0.729. The topological polar surface area (TPSA) is 29.0 Å². The van der Waals surface area contributed by atoms with Crippen LogP contribution in [0.2, 0.25) is 0 Å². The third-order valence-electron chi connectivity index (χ3n) is 2.90. The van der Waals surface area contributed by atoms with E-state index < -0.39 is 0 Å². The molecule has 1 aromatic heterocycles. The van der Waals surface area contributed by atoms with Gasteiger partial charge in [-0.3, -0.25) is 0 Å². The molecule has 0 unspecified atom stereocenters. The lowest BCUT2D eigenvalue weighted by Crippen LogP contribution is -2.30. The Bertz CT molecular complexity index is 296. The number of rotatable bonds is 6. The maximum Gasteiger partial charge on any atom is 0.225 e. The van der Waals surface area contributed by atoms with Gasteiger partial charge >= 0.3 is 0 Å². The van der Waals surface area contributed by atoms with E-state index in [2.05, 4.69) is 51.6 Å². The van der Waals surface area contributed by atoms with E-state index in [1.165, 1.54) is 12.8 Å².